The predicted octanol–water partition coefficient (Wildman–Crippen LogP) is 5.14. The molecular formula is C32H38ClN7O4S. The van der Waals surface area contributed by atoms with Crippen LogP contribution in [-0.4, -0.2) is 68.6 Å². The van der Waals surface area contributed by atoms with Gasteiger partial charge in [-0.1, -0.05) is 48.1 Å². The van der Waals surface area contributed by atoms with Crippen LogP contribution in [0.3, 0.4) is 0 Å². The van der Waals surface area contributed by atoms with Crippen molar-refractivity contribution in [3.8, 4) is 16.4 Å². The average molecular weight is 652 g/mol. The Hall–Kier alpha value is -4.00. The number of aromatic nitrogens is 3. The van der Waals surface area contributed by atoms with E-state index in [4.69, 9.17) is 27.1 Å². The van der Waals surface area contributed by atoms with E-state index < -0.39 is 23.5 Å². The van der Waals surface area contributed by atoms with E-state index in [0.29, 0.717) is 32.8 Å². The number of thiazole rings is 1. The maximum Gasteiger partial charge on any atom is 0.407 e. The molecule has 3 heterocycles. The van der Waals surface area contributed by atoms with Crippen molar-refractivity contribution in [2.45, 2.75) is 58.7 Å². The van der Waals surface area contributed by atoms with Crippen molar-refractivity contribution in [2.75, 3.05) is 19.6 Å². The number of carbonyl (C=O) groups excluding carboxylic acids is 3. The zero-order chi connectivity index (χ0) is 32.3. The average Bonchev–Trinajstić information content (AvgIpc) is 3.62. The van der Waals surface area contributed by atoms with Gasteiger partial charge in [-0.2, -0.15) is 0 Å². The van der Waals surface area contributed by atoms with Crippen LogP contribution in [-0.2, 0) is 16.1 Å². The molecule has 13 heteroatoms. The Balaban J connectivity index is 1.42. The topological polar surface area (TPSA) is 144 Å². The van der Waals surface area contributed by atoms with Gasteiger partial charge in [-0.25, -0.2) is 14.8 Å². The van der Waals surface area contributed by atoms with Crippen LogP contribution in [0, 0.1) is 5.92 Å². The highest BCUT2D eigenvalue weighted by molar-refractivity contribution is 7.16. The Kier molecular flexibility index (Phi) is 9.76. The van der Waals surface area contributed by atoms with Gasteiger partial charge in [0.05, 0.1) is 22.6 Å². The zero-order valence-corrected chi connectivity index (χ0v) is 27.4. The van der Waals surface area contributed by atoms with E-state index in [9.17, 15) is 14.4 Å². The summed E-state index contributed by atoms with van der Waals surface area (Å²) in [5, 5.41) is 7.17. The van der Waals surface area contributed by atoms with Crippen LogP contribution in [0.15, 0.2) is 48.8 Å². The van der Waals surface area contributed by atoms with Gasteiger partial charge in [-0.05, 0) is 76.5 Å². The smallest absolute Gasteiger partial charge is 0.407 e. The Bertz CT molecular complexity index is 1710. The van der Waals surface area contributed by atoms with E-state index in [1.165, 1.54) is 11.3 Å². The van der Waals surface area contributed by atoms with Crippen molar-refractivity contribution in [2.24, 2.45) is 11.7 Å². The van der Waals surface area contributed by atoms with E-state index in [1.54, 1.807) is 45.3 Å². The normalized spacial score (nSPS) is 14.7. The molecule has 0 saturated carbocycles. The van der Waals surface area contributed by atoms with Crippen LogP contribution < -0.4 is 16.4 Å². The van der Waals surface area contributed by atoms with Crippen LogP contribution in [0.25, 0.3) is 27.4 Å². The number of imidazole rings is 1. The van der Waals surface area contributed by atoms with E-state index in [2.05, 4.69) is 15.6 Å². The first-order valence-electron chi connectivity index (χ1n) is 14.9. The first kappa shape index (κ1) is 32.4. The number of nitrogens with two attached hydrogens (primary N) is 1. The van der Waals surface area contributed by atoms with Crippen LogP contribution in [0.2, 0.25) is 5.02 Å². The van der Waals surface area contributed by atoms with E-state index in [1.807, 2.05) is 40.7 Å². The molecular weight excluding hydrogens is 614 g/mol. The number of primary amides is 1. The number of carbonyl (C=O) groups is 3. The highest BCUT2D eigenvalue weighted by Crippen LogP contribution is 2.33. The summed E-state index contributed by atoms with van der Waals surface area (Å²) in [5.41, 5.74) is 8.71. The number of piperidine rings is 1. The number of benzene rings is 2. The number of nitrogens with one attached hydrogen (secondary N) is 2. The van der Waals surface area contributed by atoms with E-state index >= 15 is 0 Å². The monoisotopic (exact) mass is 651 g/mol. The summed E-state index contributed by atoms with van der Waals surface area (Å²) in [6, 6.07) is 13.1. The molecule has 1 aliphatic heterocycles. The van der Waals surface area contributed by atoms with Gasteiger partial charge < -0.3 is 26.0 Å². The van der Waals surface area contributed by atoms with Crippen LogP contribution in [0.4, 0.5) is 4.79 Å². The predicted molar refractivity (Wildman–Crippen MR) is 176 cm³/mol. The maximum absolute atomic E-state index is 13.8. The zero-order valence-electron chi connectivity index (χ0n) is 25.8. The molecule has 2 aromatic carbocycles. The van der Waals surface area contributed by atoms with Crippen LogP contribution in [0.5, 0.6) is 0 Å². The van der Waals surface area contributed by atoms with Gasteiger partial charge >= 0.3 is 6.09 Å². The molecule has 3 amide bonds. The molecule has 0 spiro atoms. The molecule has 45 heavy (non-hydrogen) atoms. The largest absolute Gasteiger partial charge is 0.444 e. The quantitative estimate of drug-likeness (QED) is 0.227. The van der Waals surface area contributed by atoms with Gasteiger partial charge in [0.15, 0.2) is 5.13 Å². The number of halogens is 1. The Morgan fingerprint density at radius 2 is 1.96 bits per heavy atom. The minimum atomic E-state index is -0.624. The summed E-state index contributed by atoms with van der Waals surface area (Å²) in [6.07, 6.45) is 2.79. The molecule has 1 aliphatic rings. The molecule has 11 nitrogen and oxygen atoms in total. The van der Waals surface area contributed by atoms with Crippen molar-refractivity contribution in [1.29, 1.82) is 0 Å². The molecule has 5 rings (SSSR count). The molecule has 2 aromatic heterocycles. The SMILES string of the molecule is CC(CNC(=O)OC(C)(C)C)C(=O)N(Cc1ccc2ncn(-c3nc(-c4cccc(Cl)c4)c(C(N)=O)s3)c2c1)C1CCNCC1. The lowest BCUT2D eigenvalue weighted by Crippen LogP contribution is -2.49. The first-order valence-corrected chi connectivity index (χ1v) is 16.1. The molecule has 1 unspecified atom stereocenters. The molecule has 0 bridgehead atoms. The molecule has 4 aromatic rings. The lowest BCUT2D eigenvalue weighted by atomic mass is 10.0. The maximum atomic E-state index is 13.8. The number of rotatable bonds is 9. The summed E-state index contributed by atoms with van der Waals surface area (Å²) < 4.78 is 7.17. The fourth-order valence-electron chi connectivity index (χ4n) is 5.34. The fourth-order valence-corrected chi connectivity index (χ4v) is 6.45. The van der Waals surface area contributed by atoms with Gasteiger partial charge in [0.2, 0.25) is 5.91 Å². The number of alkyl carbamates (subject to hydrolysis) is 1. The summed E-state index contributed by atoms with van der Waals surface area (Å²) in [6.45, 7) is 9.42. The molecule has 0 aliphatic carbocycles. The lowest BCUT2D eigenvalue weighted by Gasteiger charge is -2.36. The Labute approximate surface area is 271 Å². The molecule has 0 radical (unpaired) electrons. The number of hydrogen-bond acceptors (Lipinski definition) is 8. The third-order valence-electron chi connectivity index (χ3n) is 7.51. The van der Waals surface area contributed by atoms with E-state index in [-0.39, 0.29) is 18.5 Å². The van der Waals surface area contributed by atoms with Crippen molar-refractivity contribution in [3.05, 3.63) is 64.3 Å². The third-order valence-corrected chi connectivity index (χ3v) is 8.82. The summed E-state index contributed by atoms with van der Waals surface area (Å²) in [4.78, 5) is 50.0. The number of ether oxygens (including phenoxy) is 1. The molecule has 238 valence electrons. The number of fused-ring (bicyclic) bond motifs is 1. The summed E-state index contributed by atoms with van der Waals surface area (Å²) >= 11 is 7.39. The van der Waals surface area contributed by atoms with Crippen molar-refractivity contribution >= 4 is 51.9 Å². The van der Waals surface area contributed by atoms with Crippen LogP contribution in [0.1, 0.15) is 55.8 Å². The van der Waals surface area contributed by atoms with E-state index in [0.717, 1.165) is 42.5 Å². The number of amides is 3. The highest BCUT2D eigenvalue weighted by Gasteiger charge is 2.30. The highest BCUT2D eigenvalue weighted by atomic mass is 35.5. The standard InChI is InChI=1S/C32H38ClN7O4S/c1-19(16-36-31(43)44-32(2,3)4)29(42)39(23-10-12-35-13-11-23)17-20-8-9-24-25(14-20)40(18-37-24)30-38-26(27(45-30)28(34)41)21-6-5-7-22(33)15-21/h5-9,14-15,18-19,23,35H,10-13,16-17H2,1-4H3,(H2,34,41)(H,36,43). The molecule has 1 fully saturated rings. The van der Waals surface area contributed by atoms with Crippen molar-refractivity contribution in [1.82, 2.24) is 30.1 Å². The van der Waals surface area contributed by atoms with Gasteiger partial charge in [0, 0.05) is 29.7 Å². The molecule has 4 N–H and O–H groups in total. The number of hydrogen-bond donors (Lipinski definition) is 3. The fraction of sp³-hybridized carbons (Fsp3) is 0.406. The second-order valence-electron chi connectivity index (χ2n) is 12.2. The molecule has 1 atom stereocenters. The van der Waals surface area contributed by atoms with Crippen molar-refractivity contribution < 1.29 is 19.1 Å². The summed E-state index contributed by atoms with van der Waals surface area (Å²) in [5.74, 6) is -1.07. The molecule has 1 saturated heterocycles. The van der Waals surface area contributed by atoms with Crippen LogP contribution >= 0.6 is 22.9 Å². The lowest BCUT2D eigenvalue weighted by molar-refractivity contribution is -0.138. The minimum absolute atomic E-state index is 0.0382. The van der Waals surface area contributed by atoms with Gasteiger partial charge in [-0.3, -0.25) is 14.2 Å². The second kappa shape index (κ2) is 13.6. The Morgan fingerprint density at radius 1 is 1.20 bits per heavy atom. The van der Waals surface area contributed by atoms with Gasteiger partial charge in [0.25, 0.3) is 5.91 Å². The first-order chi connectivity index (χ1) is 21.4. The minimum Gasteiger partial charge on any atom is -0.444 e. The second-order valence-corrected chi connectivity index (χ2v) is 13.6. The van der Waals surface area contributed by atoms with Crippen molar-refractivity contribution in [3.63, 3.8) is 0 Å². The van der Waals surface area contributed by atoms with Gasteiger partial charge in [0.1, 0.15) is 16.8 Å². The van der Waals surface area contributed by atoms with Gasteiger partial charge in [-0.15, -0.1) is 0 Å². The Morgan fingerprint density at radius 3 is 2.64 bits per heavy atom. The number of nitrogens with zero attached hydrogens (tertiary/aromatic N) is 4. The summed E-state index contributed by atoms with van der Waals surface area (Å²) in [7, 11) is 0. The third kappa shape index (κ3) is 7.81.